The van der Waals surface area contributed by atoms with Gasteiger partial charge >= 0.3 is 0 Å². The topological polar surface area (TPSA) is 30.3 Å². The summed E-state index contributed by atoms with van der Waals surface area (Å²) in [6.07, 6.45) is 5.48. The molecule has 1 saturated heterocycles. The summed E-state index contributed by atoms with van der Waals surface area (Å²) < 4.78 is 14.4. The number of benzene rings is 2. The fourth-order valence-electron chi connectivity index (χ4n) is 4.72. The Kier molecular flexibility index (Phi) is 8.27. The molecule has 0 spiro atoms. The highest BCUT2D eigenvalue weighted by Crippen LogP contribution is 2.40. The Balaban J connectivity index is 1.34. The van der Waals surface area contributed by atoms with E-state index in [2.05, 4.69) is 34.1 Å². The lowest BCUT2D eigenvalue weighted by Gasteiger charge is -2.37. The number of hydrogen-bond donors (Lipinski definition) is 1. The van der Waals surface area contributed by atoms with Crippen LogP contribution in [-0.2, 0) is 19.4 Å². The third kappa shape index (κ3) is 6.26. The number of piperazine rings is 1. The summed E-state index contributed by atoms with van der Waals surface area (Å²) in [5.41, 5.74) is 5.10. The third-order valence-corrected chi connectivity index (χ3v) is 9.07. The molecule has 2 aromatic carbocycles. The van der Waals surface area contributed by atoms with E-state index in [1.54, 1.807) is 6.07 Å². The van der Waals surface area contributed by atoms with Crippen LogP contribution >= 0.6 is 24.4 Å². The van der Waals surface area contributed by atoms with E-state index in [1.807, 2.05) is 30.8 Å². The molecule has 0 bridgehead atoms. The molecule has 0 amide bonds. The lowest BCUT2D eigenvalue weighted by molar-refractivity contribution is 0.249. The second-order valence-electron chi connectivity index (χ2n) is 9.38. The first-order valence-electron chi connectivity index (χ1n) is 12.1. The van der Waals surface area contributed by atoms with Crippen molar-refractivity contribution in [1.82, 2.24) is 4.90 Å². The van der Waals surface area contributed by atoms with E-state index >= 15 is 0 Å². The first kappa shape index (κ1) is 24.4. The lowest BCUT2D eigenvalue weighted by atomic mass is 9.86. The van der Waals surface area contributed by atoms with Crippen molar-refractivity contribution in [1.29, 1.82) is 5.26 Å². The van der Waals surface area contributed by atoms with Crippen LogP contribution in [0.25, 0.3) is 0 Å². The molecular weight excluding hydrogens is 449 g/mol. The maximum Gasteiger partial charge on any atom is 0.126 e. The molecule has 1 saturated carbocycles. The maximum atomic E-state index is 14.2. The van der Waals surface area contributed by atoms with Gasteiger partial charge in [-0.05, 0) is 72.4 Å². The molecule has 0 unspecified atom stereocenters. The van der Waals surface area contributed by atoms with Gasteiger partial charge in [-0.2, -0.15) is 29.7 Å². The molecule has 2 aromatic rings. The average Bonchev–Trinajstić information content (AvgIpc) is 2.81. The molecule has 0 N–H and O–H groups in total. The molecular formula is C27H34FN3S2. The van der Waals surface area contributed by atoms with Crippen LogP contribution in [0.3, 0.4) is 0 Å². The smallest absolute Gasteiger partial charge is 0.126 e. The van der Waals surface area contributed by atoms with Crippen molar-refractivity contribution in [3.63, 3.8) is 0 Å². The van der Waals surface area contributed by atoms with Crippen LogP contribution < -0.4 is 4.90 Å². The van der Waals surface area contributed by atoms with Crippen LogP contribution in [0.1, 0.15) is 48.4 Å². The minimum atomic E-state index is -0.0881. The standard InChI is InChI=1S/C27H34FN3S2/c1-2-23-6-4-22(17-25(23)28)19-30-11-13-31(14-12-30)26-7-5-21(18-29)16-24(26)8-15-33-20-27(32)9-3-10-27/h4-7,16-17,32H,2-3,8-15,19-20H2,1H3. The van der Waals surface area contributed by atoms with E-state index in [-0.39, 0.29) is 10.6 Å². The number of aryl methyl sites for hydroxylation is 2. The highest BCUT2D eigenvalue weighted by atomic mass is 32.2. The summed E-state index contributed by atoms with van der Waals surface area (Å²) in [5, 5.41) is 9.40. The van der Waals surface area contributed by atoms with Crippen molar-refractivity contribution in [2.24, 2.45) is 0 Å². The quantitative estimate of drug-likeness (QED) is 0.366. The minimum absolute atomic E-state index is 0.0881. The number of hydrogen-bond acceptors (Lipinski definition) is 5. The van der Waals surface area contributed by atoms with E-state index in [0.29, 0.717) is 0 Å². The molecule has 33 heavy (non-hydrogen) atoms. The minimum Gasteiger partial charge on any atom is -0.369 e. The molecule has 1 heterocycles. The van der Waals surface area contributed by atoms with Crippen molar-refractivity contribution < 1.29 is 4.39 Å². The Labute approximate surface area is 207 Å². The Bertz CT molecular complexity index is 991. The molecule has 0 atom stereocenters. The number of anilines is 1. The number of halogens is 1. The molecule has 1 aliphatic heterocycles. The fraction of sp³-hybridized carbons (Fsp3) is 0.519. The first-order valence-corrected chi connectivity index (χ1v) is 13.7. The number of rotatable bonds is 9. The Hall–Kier alpha value is -1.68. The van der Waals surface area contributed by atoms with Gasteiger partial charge in [0.25, 0.3) is 0 Å². The number of thiol groups is 1. The van der Waals surface area contributed by atoms with Gasteiger partial charge in [-0.15, -0.1) is 0 Å². The van der Waals surface area contributed by atoms with Crippen LogP contribution in [0.4, 0.5) is 10.1 Å². The van der Waals surface area contributed by atoms with Gasteiger partial charge in [-0.25, -0.2) is 4.39 Å². The van der Waals surface area contributed by atoms with Crippen molar-refractivity contribution in [3.8, 4) is 6.07 Å². The van der Waals surface area contributed by atoms with Crippen LogP contribution in [0, 0.1) is 17.1 Å². The van der Waals surface area contributed by atoms with Gasteiger partial charge in [0, 0.05) is 48.9 Å². The van der Waals surface area contributed by atoms with Gasteiger partial charge in [0.15, 0.2) is 0 Å². The Morgan fingerprint density at radius 3 is 2.52 bits per heavy atom. The summed E-state index contributed by atoms with van der Waals surface area (Å²) in [5.74, 6) is 2.08. The van der Waals surface area contributed by atoms with Crippen LogP contribution in [0.15, 0.2) is 36.4 Å². The van der Waals surface area contributed by atoms with Gasteiger partial charge in [0.1, 0.15) is 5.82 Å². The third-order valence-electron chi connectivity index (χ3n) is 7.00. The van der Waals surface area contributed by atoms with Crippen LogP contribution in [0.2, 0.25) is 0 Å². The largest absolute Gasteiger partial charge is 0.369 e. The lowest BCUT2D eigenvalue weighted by Crippen LogP contribution is -2.46. The van der Waals surface area contributed by atoms with Gasteiger partial charge in [-0.3, -0.25) is 4.90 Å². The molecule has 176 valence electrons. The first-order chi connectivity index (χ1) is 16.0. The van der Waals surface area contributed by atoms with Gasteiger partial charge < -0.3 is 4.90 Å². The Morgan fingerprint density at radius 1 is 1.09 bits per heavy atom. The Morgan fingerprint density at radius 2 is 1.88 bits per heavy atom. The number of nitriles is 1. The summed E-state index contributed by atoms with van der Waals surface area (Å²) in [6, 6.07) is 14.1. The predicted molar refractivity (Wildman–Crippen MR) is 141 cm³/mol. The summed E-state index contributed by atoms with van der Waals surface area (Å²) in [7, 11) is 0. The van der Waals surface area contributed by atoms with E-state index in [1.165, 1.54) is 30.5 Å². The normalized spacial score (nSPS) is 18.1. The highest BCUT2D eigenvalue weighted by Gasteiger charge is 2.32. The predicted octanol–water partition coefficient (Wildman–Crippen LogP) is 5.71. The molecule has 0 radical (unpaired) electrons. The summed E-state index contributed by atoms with van der Waals surface area (Å²) >= 11 is 6.82. The summed E-state index contributed by atoms with van der Waals surface area (Å²) in [6.45, 7) is 6.57. The van der Waals surface area contributed by atoms with Crippen molar-refractivity contribution in [3.05, 3.63) is 64.5 Å². The zero-order valence-corrected chi connectivity index (χ0v) is 21.2. The zero-order valence-electron chi connectivity index (χ0n) is 19.5. The monoisotopic (exact) mass is 483 g/mol. The van der Waals surface area contributed by atoms with Gasteiger partial charge in [0.05, 0.1) is 11.6 Å². The van der Waals surface area contributed by atoms with Crippen molar-refractivity contribution in [2.75, 3.05) is 42.6 Å². The number of nitrogens with zero attached hydrogens (tertiary/aromatic N) is 3. The van der Waals surface area contributed by atoms with E-state index in [0.717, 1.165) is 73.8 Å². The zero-order chi connectivity index (χ0) is 23.3. The van der Waals surface area contributed by atoms with E-state index in [4.69, 9.17) is 12.6 Å². The summed E-state index contributed by atoms with van der Waals surface area (Å²) in [4.78, 5) is 4.85. The second kappa shape index (κ2) is 11.2. The van der Waals surface area contributed by atoms with Crippen LogP contribution in [-0.4, -0.2) is 47.3 Å². The SMILES string of the molecule is CCc1ccc(CN2CCN(c3ccc(C#N)cc3CCSCC3(S)CCC3)CC2)cc1F. The molecule has 0 aromatic heterocycles. The molecule has 4 rings (SSSR count). The van der Waals surface area contributed by atoms with E-state index in [9.17, 15) is 9.65 Å². The maximum absolute atomic E-state index is 14.2. The molecule has 6 heteroatoms. The van der Waals surface area contributed by atoms with Crippen LogP contribution in [0.5, 0.6) is 0 Å². The molecule has 2 fully saturated rings. The van der Waals surface area contributed by atoms with Crippen molar-refractivity contribution in [2.45, 2.75) is 50.3 Å². The molecule has 2 aliphatic rings. The molecule has 3 nitrogen and oxygen atoms in total. The fourth-order valence-corrected chi connectivity index (χ4v) is 6.49. The second-order valence-corrected chi connectivity index (χ2v) is 11.4. The van der Waals surface area contributed by atoms with Gasteiger partial charge in [0.2, 0.25) is 0 Å². The molecule has 1 aliphatic carbocycles. The van der Waals surface area contributed by atoms with E-state index < -0.39 is 0 Å². The van der Waals surface area contributed by atoms with Gasteiger partial charge in [-0.1, -0.05) is 25.5 Å². The number of thioether (sulfide) groups is 1. The average molecular weight is 484 g/mol. The highest BCUT2D eigenvalue weighted by molar-refractivity contribution is 8.00. The van der Waals surface area contributed by atoms with Crippen molar-refractivity contribution >= 4 is 30.1 Å².